The van der Waals surface area contributed by atoms with E-state index >= 15 is 0 Å². The van der Waals surface area contributed by atoms with Crippen molar-refractivity contribution in [3.05, 3.63) is 64.1 Å². The topological polar surface area (TPSA) is 84.4 Å². The van der Waals surface area contributed by atoms with E-state index in [0.717, 1.165) is 22.0 Å². The number of aromatic nitrogens is 2. The van der Waals surface area contributed by atoms with Gasteiger partial charge in [-0.15, -0.1) is 10.2 Å². The maximum atomic E-state index is 12.5. The van der Waals surface area contributed by atoms with Crippen molar-refractivity contribution in [3.8, 4) is 5.75 Å². The molecule has 3 aromatic rings. The largest absolute Gasteiger partial charge is 0.494 e. The molecule has 2 aromatic carbocycles. The van der Waals surface area contributed by atoms with Crippen molar-refractivity contribution in [1.82, 2.24) is 10.2 Å². The van der Waals surface area contributed by atoms with Crippen LogP contribution in [0.3, 0.4) is 0 Å². The summed E-state index contributed by atoms with van der Waals surface area (Å²) in [6, 6.07) is 15.1. The fourth-order valence-electron chi connectivity index (χ4n) is 3.44. The Morgan fingerprint density at radius 1 is 1.25 bits per heavy atom. The van der Waals surface area contributed by atoms with Crippen LogP contribution in [-0.2, 0) is 9.59 Å². The smallest absolute Gasteiger partial charge is 0.227 e. The van der Waals surface area contributed by atoms with Crippen molar-refractivity contribution in [2.45, 2.75) is 32.1 Å². The highest BCUT2D eigenvalue weighted by atomic mass is 35.5. The Hall–Kier alpha value is -2.97. The van der Waals surface area contributed by atoms with Gasteiger partial charge in [-0.05, 0) is 43.2 Å². The standard InChI is InChI=1S/C23H23ClN4O3S/c1-15-9-10-17(13-19(15)24)28-14-16(12-21(28)30)22-26-27-23(32-22)25-20(29)8-5-11-31-18-6-3-2-4-7-18/h2-4,6-7,9-10,13,16H,5,8,11-12,14H2,1H3,(H,25,27,29)/t16-/m1/s1. The van der Waals surface area contributed by atoms with Gasteiger partial charge in [0, 0.05) is 36.0 Å². The molecule has 0 aliphatic carbocycles. The molecule has 0 saturated carbocycles. The second kappa shape index (κ2) is 10.1. The third-order valence-electron chi connectivity index (χ3n) is 5.19. The Bertz CT molecular complexity index is 1110. The molecule has 0 spiro atoms. The van der Waals surface area contributed by atoms with Crippen LogP contribution in [0.5, 0.6) is 5.75 Å². The van der Waals surface area contributed by atoms with Gasteiger partial charge in [-0.3, -0.25) is 9.59 Å². The third-order valence-corrected chi connectivity index (χ3v) is 6.60. The van der Waals surface area contributed by atoms with Gasteiger partial charge in [0.15, 0.2) is 0 Å². The minimum absolute atomic E-state index is 0.0223. The first-order chi connectivity index (χ1) is 15.5. The van der Waals surface area contributed by atoms with E-state index < -0.39 is 0 Å². The molecule has 2 heterocycles. The monoisotopic (exact) mass is 470 g/mol. The van der Waals surface area contributed by atoms with E-state index in [9.17, 15) is 9.59 Å². The van der Waals surface area contributed by atoms with Crippen LogP contribution < -0.4 is 15.0 Å². The molecule has 4 rings (SSSR count). The number of benzene rings is 2. The molecule has 1 aliphatic rings. The van der Waals surface area contributed by atoms with Gasteiger partial charge < -0.3 is 15.0 Å². The lowest BCUT2D eigenvalue weighted by molar-refractivity contribution is -0.117. The summed E-state index contributed by atoms with van der Waals surface area (Å²) in [4.78, 5) is 26.5. The molecule has 0 unspecified atom stereocenters. The summed E-state index contributed by atoms with van der Waals surface area (Å²) in [5.74, 6) is 0.608. The van der Waals surface area contributed by atoms with Crippen LogP contribution in [0.25, 0.3) is 0 Å². The normalized spacial score (nSPS) is 15.8. The first kappa shape index (κ1) is 22.2. The van der Waals surface area contributed by atoms with E-state index in [1.54, 1.807) is 4.90 Å². The van der Waals surface area contributed by atoms with Crippen LogP contribution in [-0.4, -0.2) is 35.2 Å². The molecule has 7 nitrogen and oxygen atoms in total. The summed E-state index contributed by atoms with van der Waals surface area (Å²) in [6.07, 6.45) is 1.27. The van der Waals surface area contributed by atoms with E-state index in [1.165, 1.54) is 11.3 Å². The summed E-state index contributed by atoms with van der Waals surface area (Å²) < 4.78 is 5.60. The zero-order valence-electron chi connectivity index (χ0n) is 17.6. The number of hydrogen-bond acceptors (Lipinski definition) is 6. The molecule has 166 valence electrons. The summed E-state index contributed by atoms with van der Waals surface area (Å²) in [7, 11) is 0. The predicted molar refractivity (Wildman–Crippen MR) is 126 cm³/mol. The number of amides is 2. The lowest BCUT2D eigenvalue weighted by Gasteiger charge is -2.17. The maximum absolute atomic E-state index is 12.5. The molecule has 1 aliphatic heterocycles. The highest BCUT2D eigenvalue weighted by Crippen LogP contribution is 2.35. The van der Waals surface area contributed by atoms with Crippen molar-refractivity contribution >= 4 is 45.6 Å². The SMILES string of the molecule is Cc1ccc(N2C[C@H](c3nnc(NC(=O)CCCOc4ccccc4)s3)CC2=O)cc1Cl. The lowest BCUT2D eigenvalue weighted by atomic mass is 10.1. The van der Waals surface area contributed by atoms with E-state index in [2.05, 4.69) is 15.5 Å². The molecule has 1 N–H and O–H groups in total. The van der Waals surface area contributed by atoms with Gasteiger partial charge in [-0.25, -0.2) is 0 Å². The van der Waals surface area contributed by atoms with E-state index in [-0.39, 0.29) is 17.7 Å². The zero-order valence-corrected chi connectivity index (χ0v) is 19.2. The molecule has 1 aromatic heterocycles. The van der Waals surface area contributed by atoms with Gasteiger partial charge in [0.25, 0.3) is 0 Å². The molecule has 1 fully saturated rings. The molecule has 0 bridgehead atoms. The Labute approximate surface area is 195 Å². The van der Waals surface area contributed by atoms with Gasteiger partial charge in [0.1, 0.15) is 10.8 Å². The number of ether oxygens (including phenoxy) is 1. The van der Waals surface area contributed by atoms with Crippen LogP contribution in [0.1, 0.15) is 35.8 Å². The average Bonchev–Trinajstić information content (AvgIpc) is 3.40. The minimum atomic E-state index is -0.136. The number of hydrogen-bond donors (Lipinski definition) is 1. The summed E-state index contributed by atoms with van der Waals surface area (Å²) in [6.45, 7) is 2.90. The average molecular weight is 471 g/mol. The number of halogens is 1. The van der Waals surface area contributed by atoms with Crippen LogP contribution in [0.15, 0.2) is 48.5 Å². The number of carbonyl (C=O) groups excluding carboxylic acids is 2. The second-order valence-corrected chi connectivity index (χ2v) is 9.01. The Balaban J connectivity index is 1.27. The molecular formula is C23H23ClN4O3S. The van der Waals surface area contributed by atoms with Crippen molar-refractivity contribution < 1.29 is 14.3 Å². The summed E-state index contributed by atoms with van der Waals surface area (Å²) in [5.41, 5.74) is 1.75. The highest BCUT2D eigenvalue weighted by Gasteiger charge is 2.34. The summed E-state index contributed by atoms with van der Waals surface area (Å²) in [5, 5.41) is 12.9. The van der Waals surface area contributed by atoms with Crippen molar-refractivity contribution in [2.75, 3.05) is 23.4 Å². The number of para-hydroxylation sites is 1. The fourth-order valence-corrected chi connectivity index (χ4v) is 4.47. The number of nitrogens with zero attached hydrogens (tertiary/aromatic N) is 3. The first-order valence-electron chi connectivity index (χ1n) is 10.4. The van der Waals surface area contributed by atoms with E-state index in [4.69, 9.17) is 16.3 Å². The number of rotatable bonds is 8. The number of carbonyl (C=O) groups is 2. The minimum Gasteiger partial charge on any atom is -0.494 e. The Morgan fingerprint density at radius 2 is 2.06 bits per heavy atom. The quantitative estimate of drug-likeness (QED) is 0.477. The fraction of sp³-hybridized carbons (Fsp3) is 0.304. The maximum Gasteiger partial charge on any atom is 0.227 e. The van der Waals surface area contributed by atoms with Gasteiger partial charge in [0.05, 0.1) is 6.61 Å². The van der Waals surface area contributed by atoms with E-state index in [0.29, 0.717) is 42.6 Å². The number of anilines is 2. The van der Waals surface area contributed by atoms with Gasteiger partial charge >= 0.3 is 0 Å². The highest BCUT2D eigenvalue weighted by molar-refractivity contribution is 7.15. The second-order valence-electron chi connectivity index (χ2n) is 7.60. The Morgan fingerprint density at radius 3 is 2.84 bits per heavy atom. The molecule has 9 heteroatoms. The zero-order chi connectivity index (χ0) is 22.5. The third kappa shape index (κ3) is 5.44. The van der Waals surface area contributed by atoms with Crippen LogP contribution in [0.4, 0.5) is 10.8 Å². The molecule has 32 heavy (non-hydrogen) atoms. The van der Waals surface area contributed by atoms with Gasteiger partial charge in [0.2, 0.25) is 16.9 Å². The van der Waals surface area contributed by atoms with Crippen LogP contribution in [0, 0.1) is 6.92 Å². The predicted octanol–water partition coefficient (Wildman–Crippen LogP) is 4.82. The number of nitrogens with one attached hydrogen (secondary N) is 1. The molecular weight excluding hydrogens is 448 g/mol. The van der Waals surface area contributed by atoms with Gasteiger partial charge in [-0.1, -0.05) is 47.2 Å². The van der Waals surface area contributed by atoms with Gasteiger partial charge in [-0.2, -0.15) is 0 Å². The first-order valence-corrected chi connectivity index (χ1v) is 11.6. The summed E-state index contributed by atoms with van der Waals surface area (Å²) >= 11 is 7.52. The molecule has 1 atom stereocenters. The van der Waals surface area contributed by atoms with Crippen molar-refractivity contribution in [2.24, 2.45) is 0 Å². The van der Waals surface area contributed by atoms with Crippen molar-refractivity contribution in [3.63, 3.8) is 0 Å². The molecule has 0 radical (unpaired) electrons. The number of aryl methyl sites for hydroxylation is 1. The molecule has 2 amide bonds. The van der Waals surface area contributed by atoms with Crippen LogP contribution in [0.2, 0.25) is 5.02 Å². The Kier molecular flexibility index (Phi) is 7.02. The lowest BCUT2D eigenvalue weighted by Crippen LogP contribution is -2.24. The van der Waals surface area contributed by atoms with Crippen molar-refractivity contribution in [1.29, 1.82) is 0 Å². The van der Waals surface area contributed by atoms with Crippen LogP contribution >= 0.6 is 22.9 Å². The van der Waals surface area contributed by atoms with E-state index in [1.807, 2.05) is 55.5 Å². The molecule has 1 saturated heterocycles.